The van der Waals surface area contributed by atoms with Crippen molar-refractivity contribution in [3.63, 3.8) is 0 Å². The van der Waals surface area contributed by atoms with Crippen LogP contribution in [0, 0.1) is 19.8 Å². The Kier molecular flexibility index (Phi) is 7.53. The van der Waals surface area contributed by atoms with Gasteiger partial charge >= 0.3 is 0 Å². The van der Waals surface area contributed by atoms with Crippen molar-refractivity contribution in [3.05, 3.63) is 48.1 Å². The van der Waals surface area contributed by atoms with Crippen LogP contribution in [-0.4, -0.2) is 29.0 Å². The highest BCUT2D eigenvalue weighted by atomic mass is 16.5. The van der Waals surface area contributed by atoms with Crippen LogP contribution in [0.5, 0.6) is 5.75 Å². The van der Waals surface area contributed by atoms with Crippen LogP contribution in [0.2, 0.25) is 0 Å². The lowest BCUT2D eigenvalue weighted by Crippen LogP contribution is -2.41. The maximum atomic E-state index is 9.55. The molecule has 1 aliphatic carbocycles. The van der Waals surface area contributed by atoms with Gasteiger partial charge in [-0.1, -0.05) is 33.1 Å². The number of benzene rings is 1. The SMILES string of the molecule is C=CC(=C)c1c(C)cc(OC2CC(C(O)CO)C2)cc1C.CC. The Morgan fingerprint density at radius 3 is 2.26 bits per heavy atom. The monoisotopic (exact) mass is 318 g/mol. The molecule has 0 saturated heterocycles. The Bertz CT molecular complexity index is 519. The van der Waals surface area contributed by atoms with E-state index in [1.54, 1.807) is 6.08 Å². The fourth-order valence-electron chi connectivity index (χ4n) is 2.96. The van der Waals surface area contributed by atoms with Gasteiger partial charge in [0, 0.05) is 0 Å². The van der Waals surface area contributed by atoms with Gasteiger partial charge in [-0.15, -0.1) is 0 Å². The number of rotatable bonds is 6. The molecule has 1 saturated carbocycles. The summed E-state index contributed by atoms with van der Waals surface area (Å²) in [5.41, 5.74) is 4.30. The summed E-state index contributed by atoms with van der Waals surface area (Å²) < 4.78 is 5.96. The molecule has 1 unspecified atom stereocenters. The first kappa shape index (κ1) is 19.5. The van der Waals surface area contributed by atoms with Crippen LogP contribution in [0.4, 0.5) is 0 Å². The molecule has 0 heterocycles. The Balaban J connectivity index is 0.00000127. The van der Waals surface area contributed by atoms with Crippen molar-refractivity contribution in [2.45, 2.75) is 52.7 Å². The molecule has 2 rings (SSSR count). The highest BCUT2D eigenvalue weighted by Crippen LogP contribution is 2.35. The maximum absolute atomic E-state index is 9.55. The van der Waals surface area contributed by atoms with Crippen LogP contribution in [0.1, 0.15) is 43.4 Å². The molecule has 1 fully saturated rings. The van der Waals surface area contributed by atoms with Crippen LogP contribution in [0.25, 0.3) is 5.57 Å². The average Bonchev–Trinajstić information content (AvgIpc) is 2.50. The molecule has 1 aromatic rings. The number of ether oxygens (including phenoxy) is 1. The van der Waals surface area contributed by atoms with Gasteiger partial charge in [-0.3, -0.25) is 0 Å². The predicted octanol–water partition coefficient (Wildman–Crippen LogP) is 4.04. The lowest BCUT2D eigenvalue weighted by atomic mass is 9.78. The van der Waals surface area contributed by atoms with Gasteiger partial charge in [-0.05, 0) is 67.0 Å². The molecule has 0 amide bonds. The Morgan fingerprint density at radius 1 is 1.30 bits per heavy atom. The molecule has 1 atom stereocenters. The van der Waals surface area contributed by atoms with E-state index >= 15 is 0 Å². The van der Waals surface area contributed by atoms with E-state index in [9.17, 15) is 5.11 Å². The minimum absolute atomic E-state index is 0.128. The van der Waals surface area contributed by atoms with Crippen LogP contribution in [0.15, 0.2) is 31.4 Å². The van der Waals surface area contributed by atoms with Gasteiger partial charge < -0.3 is 14.9 Å². The molecule has 3 heteroatoms. The number of allylic oxidation sites excluding steroid dienone is 2. The number of hydrogen-bond acceptors (Lipinski definition) is 3. The summed E-state index contributed by atoms with van der Waals surface area (Å²) in [5, 5.41) is 18.5. The molecule has 1 aromatic carbocycles. The third kappa shape index (κ3) is 4.69. The van der Waals surface area contributed by atoms with E-state index in [0.717, 1.165) is 40.9 Å². The lowest BCUT2D eigenvalue weighted by molar-refractivity contribution is -0.0374. The van der Waals surface area contributed by atoms with E-state index in [-0.39, 0.29) is 18.6 Å². The van der Waals surface area contributed by atoms with E-state index in [4.69, 9.17) is 9.84 Å². The molecule has 1 aliphatic rings. The van der Waals surface area contributed by atoms with Crippen LogP contribution in [-0.2, 0) is 0 Å². The number of hydrogen-bond donors (Lipinski definition) is 2. The van der Waals surface area contributed by atoms with E-state index in [1.807, 2.05) is 39.8 Å². The van der Waals surface area contributed by atoms with Crippen molar-refractivity contribution in [2.24, 2.45) is 5.92 Å². The summed E-state index contributed by atoms with van der Waals surface area (Å²) in [5.74, 6) is 1.01. The summed E-state index contributed by atoms with van der Waals surface area (Å²) in [6.07, 6.45) is 2.86. The van der Waals surface area contributed by atoms with E-state index in [2.05, 4.69) is 13.2 Å². The van der Waals surface area contributed by atoms with Crippen molar-refractivity contribution in [1.82, 2.24) is 0 Å². The standard InChI is InChI=1S/C18H24O3.C2H6/c1-5-11(2)18-12(3)6-15(7-13(18)4)21-16-8-14(9-16)17(20)10-19;1-2/h5-7,14,16-17,19-20H,1-2,8-10H2,3-4H3;1-2H3. The summed E-state index contributed by atoms with van der Waals surface area (Å²) >= 11 is 0. The van der Waals surface area contributed by atoms with Gasteiger partial charge in [0.05, 0.1) is 18.8 Å². The Hall–Kier alpha value is -1.58. The Labute approximate surface area is 140 Å². The molecule has 0 aromatic heterocycles. The average molecular weight is 318 g/mol. The summed E-state index contributed by atoms with van der Waals surface area (Å²) in [6.45, 7) is 15.7. The molecular formula is C20H30O3. The van der Waals surface area contributed by atoms with Crippen molar-refractivity contribution < 1.29 is 14.9 Å². The molecule has 128 valence electrons. The molecule has 3 nitrogen and oxygen atoms in total. The molecule has 0 aliphatic heterocycles. The van der Waals surface area contributed by atoms with Gasteiger partial charge in [0.2, 0.25) is 0 Å². The third-order valence-electron chi connectivity index (χ3n) is 4.24. The lowest BCUT2D eigenvalue weighted by Gasteiger charge is -2.37. The minimum atomic E-state index is -0.619. The zero-order chi connectivity index (χ0) is 17.6. The van der Waals surface area contributed by atoms with E-state index < -0.39 is 6.10 Å². The van der Waals surface area contributed by atoms with Crippen LogP contribution in [0.3, 0.4) is 0 Å². The van der Waals surface area contributed by atoms with E-state index in [1.165, 1.54) is 0 Å². The largest absolute Gasteiger partial charge is 0.490 e. The topological polar surface area (TPSA) is 49.7 Å². The smallest absolute Gasteiger partial charge is 0.120 e. The molecule has 0 bridgehead atoms. The highest BCUT2D eigenvalue weighted by Gasteiger charge is 2.35. The fourth-order valence-corrected chi connectivity index (χ4v) is 2.96. The quantitative estimate of drug-likeness (QED) is 0.778. The Morgan fingerprint density at radius 2 is 1.83 bits per heavy atom. The van der Waals surface area contributed by atoms with Gasteiger partial charge in [0.25, 0.3) is 0 Å². The van der Waals surface area contributed by atoms with E-state index in [0.29, 0.717) is 0 Å². The van der Waals surface area contributed by atoms with Crippen LogP contribution < -0.4 is 4.74 Å². The van der Waals surface area contributed by atoms with Gasteiger partial charge in [-0.25, -0.2) is 0 Å². The zero-order valence-corrected chi connectivity index (χ0v) is 14.8. The first-order valence-corrected chi connectivity index (χ1v) is 8.34. The minimum Gasteiger partial charge on any atom is -0.490 e. The summed E-state index contributed by atoms with van der Waals surface area (Å²) in [4.78, 5) is 0. The van der Waals surface area contributed by atoms with Crippen molar-refractivity contribution >= 4 is 5.57 Å². The van der Waals surface area contributed by atoms with Crippen molar-refractivity contribution in [2.75, 3.05) is 6.61 Å². The van der Waals surface area contributed by atoms with Crippen LogP contribution >= 0.6 is 0 Å². The molecule has 2 N–H and O–H groups in total. The normalized spacial score (nSPS) is 20.6. The summed E-state index contributed by atoms with van der Waals surface area (Å²) in [6, 6.07) is 4.04. The third-order valence-corrected chi connectivity index (χ3v) is 4.24. The second-order valence-corrected chi connectivity index (χ2v) is 5.88. The number of aliphatic hydroxyl groups excluding tert-OH is 2. The van der Waals surface area contributed by atoms with Gasteiger partial charge in [-0.2, -0.15) is 0 Å². The zero-order valence-electron chi connectivity index (χ0n) is 14.8. The second kappa shape index (κ2) is 8.90. The van der Waals surface area contributed by atoms with Gasteiger partial charge in [0.15, 0.2) is 0 Å². The fraction of sp³-hybridized carbons (Fsp3) is 0.500. The molecule has 0 spiro atoms. The van der Waals surface area contributed by atoms with Gasteiger partial charge in [0.1, 0.15) is 5.75 Å². The molecule has 0 radical (unpaired) electrons. The van der Waals surface area contributed by atoms with Crippen molar-refractivity contribution in [3.8, 4) is 5.75 Å². The number of aryl methyl sites for hydroxylation is 2. The number of aliphatic hydroxyl groups is 2. The second-order valence-electron chi connectivity index (χ2n) is 5.88. The maximum Gasteiger partial charge on any atom is 0.120 e. The predicted molar refractivity (Wildman–Crippen MR) is 96.7 cm³/mol. The summed E-state index contributed by atoms with van der Waals surface area (Å²) in [7, 11) is 0. The highest BCUT2D eigenvalue weighted by molar-refractivity contribution is 5.76. The first-order chi connectivity index (χ1) is 11.0. The molecular weight excluding hydrogens is 288 g/mol. The van der Waals surface area contributed by atoms with Crippen molar-refractivity contribution in [1.29, 1.82) is 0 Å². The first-order valence-electron chi connectivity index (χ1n) is 8.34. The molecule has 23 heavy (non-hydrogen) atoms.